The zero-order valence-electron chi connectivity index (χ0n) is 23.5. The third kappa shape index (κ3) is 3.89. The zero-order chi connectivity index (χ0) is 26.7. The summed E-state index contributed by atoms with van der Waals surface area (Å²) in [5.74, 6) is 6.75. The molecule has 40 heavy (non-hydrogen) atoms. The molecule has 11 rings (SSSR count). The summed E-state index contributed by atoms with van der Waals surface area (Å²) in [5.41, 5.74) is 11.8. The highest BCUT2D eigenvalue weighted by Crippen LogP contribution is 2.60. The molecule has 4 unspecified atom stereocenters. The summed E-state index contributed by atoms with van der Waals surface area (Å²) in [6, 6.07) is 19.5. The van der Waals surface area contributed by atoms with Gasteiger partial charge in [0, 0.05) is 14.6 Å². The molecule has 8 aliphatic rings. The van der Waals surface area contributed by atoms with Crippen molar-refractivity contribution in [1.82, 2.24) is 0 Å². The molecule has 0 saturated heterocycles. The highest BCUT2D eigenvalue weighted by atomic mass is 79.9. The summed E-state index contributed by atoms with van der Waals surface area (Å²) >= 11 is 8.30. The van der Waals surface area contributed by atoms with E-state index in [1.165, 1.54) is 95.8 Å². The van der Waals surface area contributed by atoms with Crippen molar-refractivity contribution in [1.29, 1.82) is 0 Å². The number of hydrogen-bond acceptors (Lipinski definition) is 1. The van der Waals surface area contributed by atoms with E-state index >= 15 is 0 Å². The minimum atomic E-state index is 0.736. The minimum Gasteiger partial charge on any atom is -0.308 e. The summed E-state index contributed by atoms with van der Waals surface area (Å²) in [6.07, 6.45) is 14.2. The fraction of sp³-hybridized carbons (Fsp3) is 0.514. The van der Waals surface area contributed by atoms with Crippen LogP contribution < -0.4 is 4.90 Å². The Kier molecular flexibility index (Phi) is 5.75. The van der Waals surface area contributed by atoms with Crippen LogP contribution in [0.4, 0.5) is 17.1 Å². The quantitative estimate of drug-likeness (QED) is 0.271. The van der Waals surface area contributed by atoms with E-state index in [9.17, 15) is 0 Å². The summed E-state index contributed by atoms with van der Waals surface area (Å²) in [6.45, 7) is 2.20. The lowest BCUT2D eigenvalue weighted by atomic mass is 9.67. The van der Waals surface area contributed by atoms with Gasteiger partial charge in [0.2, 0.25) is 0 Å². The van der Waals surface area contributed by atoms with Gasteiger partial charge < -0.3 is 4.90 Å². The van der Waals surface area contributed by atoms with Gasteiger partial charge in [-0.15, -0.1) is 0 Å². The molecule has 4 saturated carbocycles. The molecule has 0 amide bonds. The highest BCUT2D eigenvalue weighted by Gasteiger charge is 2.44. The van der Waals surface area contributed by atoms with Gasteiger partial charge in [0.25, 0.3) is 0 Å². The third-order valence-corrected chi connectivity index (χ3v) is 13.4. The van der Waals surface area contributed by atoms with Crippen LogP contribution in [0.3, 0.4) is 0 Å². The van der Waals surface area contributed by atoms with Gasteiger partial charge in [0.05, 0.1) is 11.4 Å². The number of aryl methyl sites for hydroxylation is 1. The number of anilines is 3. The van der Waals surface area contributed by atoms with E-state index in [4.69, 9.17) is 0 Å². The van der Waals surface area contributed by atoms with E-state index in [1.807, 2.05) is 0 Å². The minimum absolute atomic E-state index is 0.736. The van der Waals surface area contributed by atoms with Crippen LogP contribution in [0.1, 0.15) is 116 Å². The Balaban J connectivity index is 1.23. The average molecular weight is 658 g/mol. The largest absolute Gasteiger partial charge is 0.308 e. The van der Waals surface area contributed by atoms with Crippen LogP contribution in [0.5, 0.6) is 0 Å². The summed E-state index contributed by atoms with van der Waals surface area (Å²) in [7, 11) is 0. The standard InChI is InChI=1S/C37H39Br2N/c1-20-2-4-29(5-3-20)40(36-18-32-27-12-21-6-22(13-27)9-25(8-21)30(32)16-34(36)38)37-19-33-28-14-23-7-24(15-28)11-26(10-23)31(33)17-35(37)39/h2-5,16-19,21-28H,6-15H2,1H3. The van der Waals surface area contributed by atoms with E-state index in [1.54, 1.807) is 22.3 Å². The molecule has 0 spiro atoms. The third-order valence-electron chi connectivity index (χ3n) is 12.1. The van der Waals surface area contributed by atoms with Crippen molar-refractivity contribution in [2.45, 2.75) is 94.8 Å². The number of rotatable bonds is 3. The Morgan fingerprint density at radius 3 is 1.23 bits per heavy atom. The van der Waals surface area contributed by atoms with E-state index < -0.39 is 0 Å². The second-order valence-electron chi connectivity index (χ2n) is 14.6. The van der Waals surface area contributed by atoms with Crippen molar-refractivity contribution in [3.05, 3.63) is 85.3 Å². The van der Waals surface area contributed by atoms with Crippen LogP contribution in [0, 0.1) is 30.6 Å². The van der Waals surface area contributed by atoms with Gasteiger partial charge in [-0.25, -0.2) is 0 Å². The Morgan fingerprint density at radius 2 is 0.850 bits per heavy atom. The van der Waals surface area contributed by atoms with Crippen molar-refractivity contribution >= 4 is 48.9 Å². The van der Waals surface area contributed by atoms with Gasteiger partial charge in [-0.2, -0.15) is 0 Å². The fourth-order valence-electron chi connectivity index (χ4n) is 10.8. The van der Waals surface area contributed by atoms with Crippen LogP contribution in [0.2, 0.25) is 0 Å². The molecular formula is C37H39Br2N. The smallest absolute Gasteiger partial charge is 0.0607 e. The average Bonchev–Trinajstić information content (AvgIpc) is 3.19. The van der Waals surface area contributed by atoms with Crippen molar-refractivity contribution in [2.75, 3.05) is 4.90 Å². The van der Waals surface area contributed by atoms with Crippen molar-refractivity contribution in [2.24, 2.45) is 23.7 Å². The van der Waals surface area contributed by atoms with E-state index in [-0.39, 0.29) is 0 Å². The first-order valence-electron chi connectivity index (χ1n) is 16.0. The van der Waals surface area contributed by atoms with Gasteiger partial charge in [-0.3, -0.25) is 0 Å². The lowest BCUT2D eigenvalue weighted by Crippen LogP contribution is -2.25. The van der Waals surface area contributed by atoms with Crippen LogP contribution in [0.25, 0.3) is 0 Å². The molecule has 0 aromatic heterocycles. The maximum Gasteiger partial charge on any atom is 0.0607 e. The Labute approximate surface area is 256 Å². The van der Waals surface area contributed by atoms with Gasteiger partial charge in [0.1, 0.15) is 0 Å². The van der Waals surface area contributed by atoms with Crippen molar-refractivity contribution in [3.63, 3.8) is 0 Å². The predicted octanol–water partition coefficient (Wildman–Crippen LogP) is 11.8. The predicted molar refractivity (Wildman–Crippen MR) is 172 cm³/mol. The fourth-order valence-corrected chi connectivity index (χ4v) is 11.8. The molecule has 8 aliphatic carbocycles. The van der Waals surface area contributed by atoms with E-state index in [0.29, 0.717) is 0 Å². The molecule has 0 N–H and O–H groups in total. The molecule has 0 radical (unpaired) electrons. The van der Waals surface area contributed by atoms with Crippen molar-refractivity contribution < 1.29 is 0 Å². The van der Waals surface area contributed by atoms with Crippen LogP contribution in [0.15, 0.2) is 57.5 Å². The van der Waals surface area contributed by atoms with Crippen LogP contribution >= 0.6 is 31.9 Å². The van der Waals surface area contributed by atoms with Crippen LogP contribution in [-0.4, -0.2) is 0 Å². The molecule has 0 aliphatic heterocycles. The second-order valence-corrected chi connectivity index (χ2v) is 16.4. The highest BCUT2D eigenvalue weighted by molar-refractivity contribution is 9.11. The Bertz CT molecular complexity index is 1390. The molecule has 4 atom stereocenters. The zero-order valence-corrected chi connectivity index (χ0v) is 26.7. The molecule has 8 bridgehead atoms. The van der Waals surface area contributed by atoms with E-state index in [0.717, 1.165) is 47.3 Å². The first-order chi connectivity index (χ1) is 19.5. The molecule has 1 nitrogen and oxygen atoms in total. The summed E-state index contributed by atoms with van der Waals surface area (Å²) in [4.78, 5) is 2.57. The van der Waals surface area contributed by atoms with Gasteiger partial charge in [0.15, 0.2) is 0 Å². The van der Waals surface area contributed by atoms with Gasteiger partial charge in [-0.05, 0) is 209 Å². The number of nitrogens with zero attached hydrogens (tertiary/aromatic N) is 1. The number of hydrogen-bond donors (Lipinski definition) is 0. The lowest BCUT2D eigenvalue weighted by Gasteiger charge is -2.38. The molecule has 3 aromatic rings. The Hall–Kier alpha value is -1.58. The molecule has 0 heterocycles. The molecule has 4 fully saturated rings. The Morgan fingerprint density at radius 1 is 0.500 bits per heavy atom. The van der Waals surface area contributed by atoms with Gasteiger partial charge >= 0.3 is 0 Å². The topological polar surface area (TPSA) is 3.24 Å². The molecule has 3 heteroatoms. The maximum atomic E-state index is 4.15. The molecule has 3 aromatic carbocycles. The monoisotopic (exact) mass is 655 g/mol. The van der Waals surface area contributed by atoms with Gasteiger partial charge in [-0.1, -0.05) is 17.7 Å². The van der Waals surface area contributed by atoms with E-state index in [2.05, 4.69) is 92.2 Å². The summed E-state index contributed by atoms with van der Waals surface area (Å²) in [5, 5.41) is 0. The molecule has 206 valence electrons. The molecular weight excluding hydrogens is 618 g/mol. The first-order valence-corrected chi connectivity index (χ1v) is 17.6. The lowest BCUT2D eigenvalue weighted by molar-refractivity contribution is 0.165. The normalized spacial score (nSPS) is 34.4. The maximum absolute atomic E-state index is 4.15. The second kappa shape index (κ2) is 9.21. The first kappa shape index (κ1) is 25.0. The number of benzene rings is 3. The van der Waals surface area contributed by atoms with Crippen LogP contribution in [-0.2, 0) is 0 Å². The van der Waals surface area contributed by atoms with Crippen molar-refractivity contribution in [3.8, 4) is 0 Å². The summed E-state index contributed by atoms with van der Waals surface area (Å²) < 4.78 is 2.49. The SMILES string of the molecule is Cc1ccc(N(c2cc3c(cc2Br)C2CC4CC(C2)CC3C4)c2cc3c(cc2Br)C2CC4CC(C2)CC3C4)cc1. The number of halogens is 2.